The first-order chi connectivity index (χ1) is 8.78. The zero-order chi connectivity index (χ0) is 13.0. The molecule has 2 rings (SSSR count). The number of nitrogens with two attached hydrogens (primary N) is 1. The van der Waals surface area contributed by atoms with E-state index in [0.29, 0.717) is 12.0 Å². The van der Waals surface area contributed by atoms with Crippen LogP contribution in [0.3, 0.4) is 0 Å². The second kappa shape index (κ2) is 6.64. The van der Waals surface area contributed by atoms with Gasteiger partial charge >= 0.3 is 0 Å². The first kappa shape index (κ1) is 14.0. The predicted octanol–water partition coefficient (Wildman–Crippen LogP) is 2.65. The summed E-state index contributed by atoms with van der Waals surface area (Å²) < 4.78 is 0. The van der Waals surface area contributed by atoms with Gasteiger partial charge in [-0.05, 0) is 38.3 Å². The van der Waals surface area contributed by atoms with Crippen LogP contribution in [0.25, 0.3) is 0 Å². The lowest BCUT2D eigenvalue weighted by molar-refractivity contribution is 0.160. The molecule has 2 atom stereocenters. The van der Waals surface area contributed by atoms with E-state index in [1.54, 1.807) is 11.3 Å². The minimum atomic E-state index is 0.673. The highest BCUT2D eigenvalue weighted by Gasteiger charge is 2.30. The molecule has 0 radical (unpaired) electrons. The molecule has 1 aliphatic rings. The lowest BCUT2D eigenvalue weighted by atomic mass is 10.0. The van der Waals surface area contributed by atoms with E-state index < -0.39 is 0 Å². The summed E-state index contributed by atoms with van der Waals surface area (Å²) in [5.74, 6) is 0.689. The van der Waals surface area contributed by atoms with Gasteiger partial charge in [-0.25, -0.2) is 4.98 Å². The average molecular weight is 267 g/mol. The Labute approximate surface area is 114 Å². The third kappa shape index (κ3) is 3.11. The molecule has 0 saturated heterocycles. The maximum Gasteiger partial charge on any atom is 0.0926 e. The van der Waals surface area contributed by atoms with Crippen LogP contribution in [0.5, 0.6) is 0 Å². The Morgan fingerprint density at radius 2 is 2.28 bits per heavy atom. The molecule has 3 nitrogen and oxygen atoms in total. The maximum absolute atomic E-state index is 5.90. The number of hydrogen-bond donors (Lipinski definition) is 1. The van der Waals surface area contributed by atoms with Crippen LogP contribution in [0.4, 0.5) is 0 Å². The van der Waals surface area contributed by atoms with E-state index in [1.807, 2.05) is 0 Å². The fourth-order valence-corrected chi connectivity index (χ4v) is 3.76. The largest absolute Gasteiger partial charge is 0.330 e. The van der Waals surface area contributed by atoms with Gasteiger partial charge < -0.3 is 5.73 Å². The van der Waals surface area contributed by atoms with Crippen LogP contribution in [0.2, 0.25) is 0 Å². The number of aromatic nitrogens is 1. The van der Waals surface area contributed by atoms with Crippen LogP contribution in [0.15, 0.2) is 5.38 Å². The fraction of sp³-hybridized carbons (Fsp3) is 0.786. The Bertz CT molecular complexity index is 364. The molecule has 102 valence electrons. The molecule has 0 aromatic carbocycles. The summed E-state index contributed by atoms with van der Waals surface area (Å²) in [5, 5.41) is 3.47. The van der Waals surface area contributed by atoms with Crippen molar-refractivity contribution in [1.82, 2.24) is 9.88 Å². The Morgan fingerprint density at radius 3 is 2.89 bits per heavy atom. The quantitative estimate of drug-likeness (QED) is 0.861. The summed E-state index contributed by atoms with van der Waals surface area (Å²) in [6.07, 6.45) is 4.99. The molecule has 2 unspecified atom stereocenters. The highest BCUT2D eigenvalue weighted by molar-refractivity contribution is 7.09. The molecule has 4 heteroatoms. The van der Waals surface area contributed by atoms with Crippen molar-refractivity contribution in [3.05, 3.63) is 16.1 Å². The van der Waals surface area contributed by atoms with Crippen molar-refractivity contribution in [2.45, 2.75) is 52.1 Å². The number of aryl methyl sites for hydroxylation is 1. The molecule has 0 amide bonds. The van der Waals surface area contributed by atoms with E-state index in [2.05, 4.69) is 29.1 Å². The summed E-state index contributed by atoms with van der Waals surface area (Å²) >= 11 is 1.79. The molecule has 1 aromatic rings. The molecule has 1 fully saturated rings. The van der Waals surface area contributed by atoms with Crippen LogP contribution in [0, 0.1) is 5.92 Å². The Morgan fingerprint density at radius 1 is 1.44 bits per heavy atom. The van der Waals surface area contributed by atoms with Crippen LogP contribution in [-0.4, -0.2) is 29.0 Å². The van der Waals surface area contributed by atoms with Crippen molar-refractivity contribution in [3.63, 3.8) is 0 Å². The van der Waals surface area contributed by atoms with Gasteiger partial charge in [0.25, 0.3) is 0 Å². The first-order valence-electron chi connectivity index (χ1n) is 7.15. The highest BCUT2D eigenvalue weighted by atomic mass is 32.1. The van der Waals surface area contributed by atoms with Crippen molar-refractivity contribution in [2.24, 2.45) is 11.7 Å². The smallest absolute Gasteiger partial charge is 0.0926 e. The lowest BCUT2D eigenvalue weighted by Gasteiger charge is -2.31. The molecule has 0 aliphatic heterocycles. The standard InChI is InChI=1S/C14H25N3S/c1-3-14-16-12(10-18-14)9-17(4-2)13-7-5-6-11(13)8-15/h10-11,13H,3-9,15H2,1-2H3. The van der Waals surface area contributed by atoms with Gasteiger partial charge in [-0.3, -0.25) is 4.90 Å². The Hall–Kier alpha value is -0.450. The number of hydrogen-bond acceptors (Lipinski definition) is 4. The molecule has 1 heterocycles. The van der Waals surface area contributed by atoms with Crippen molar-refractivity contribution < 1.29 is 0 Å². The van der Waals surface area contributed by atoms with Gasteiger partial charge in [0.05, 0.1) is 10.7 Å². The van der Waals surface area contributed by atoms with E-state index in [1.165, 1.54) is 30.0 Å². The topological polar surface area (TPSA) is 42.2 Å². The SMILES string of the molecule is CCc1nc(CN(CC)C2CCCC2CN)cs1. The first-order valence-corrected chi connectivity index (χ1v) is 8.03. The van der Waals surface area contributed by atoms with Crippen molar-refractivity contribution in [2.75, 3.05) is 13.1 Å². The maximum atomic E-state index is 5.90. The Balaban J connectivity index is 2.00. The normalized spacial score (nSPS) is 24.0. The lowest BCUT2D eigenvalue weighted by Crippen LogP contribution is -2.39. The van der Waals surface area contributed by atoms with E-state index in [-0.39, 0.29) is 0 Å². The number of thiazole rings is 1. The summed E-state index contributed by atoms with van der Waals surface area (Å²) in [5.41, 5.74) is 7.13. The third-order valence-electron chi connectivity index (χ3n) is 4.06. The van der Waals surface area contributed by atoms with E-state index in [4.69, 9.17) is 5.73 Å². The summed E-state index contributed by atoms with van der Waals surface area (Å²) in [7, 11) is 0. The second-order valence-corrected chi connectivity index (χ2v) is 6.09. The minimum Gasteiger partial charge on any atom is -0.330 e. The monoisotopic (exact) mass is 267 g/mol. The van der Waals surface area contributed by atoms with Crippen LogP contribution < -0.4 is 5.73 Å². The molecule has 18 heavy (non-hydrogen) atoms. The van der Waals surface area contributed by atoms with Gasteiger partial charge in [-0.2, -0.15) is 0 Å². The summed E-state index contributed by atoms with van der Waals surface area (Å²) in [4.78, 5) is 7.25. The minimum absolute atomic E-state index is 0.673. The van der Waals surface area contributed by atoms with Crippen molar-refractivity contribution in [3.8, 4) is 0 Å². The van der Waals surface area contributed by atoms with Gasteiger partial charge in [0.1, 0.15) is 0 Å². The fourth-order valence-electron chi connectivity index (χ4n) is 3.03. The molecular weight excluding hydrogens is 242 g/mol. The summed E-state index contributed by atoms with van der Waals surface area (Å²) in [6, 6.07) is 0.673. The zero-order valence-corrected chi connectivity index (χ0v) is 12.4. The predicted molar refractivity (Wildman–Crippen MR) is 77.8 cm³/mol. The molecule has 0 spiro atoms. The van der Waals surface area contributed by atoms with Crippen LogP contribution in [-0.2, 0) is 13.0 Å². The molecule has 0 bridgehead atoms. The van der Waals surface area contributed by atoms with Gasteiger partial charge in [0.15, 0.2) is 0 Å². The van der Waals surface area contributed by atoms with Gasteiger partial charge in [-0.15, -0.1) is 11.3 Å². The molecular formula is C14H25N3S. The van der Waals surface area contributed by atoms with E-state index >= 15 is 0 Å². The molecule has 2 N–H and O–H groups in total. The number of rotatable bonds is 6. The van der Waals surface area contributed by atoms with Gasteiger partial charge in [0.2, 0.25) is 0 Å². The zero-order valence-electron chi connectivity index (χ0n) is 11.6. The van der Waals surface area contributed by atoms with Crippen LogP contribution >= 0.6 is 11.3 Å². The summed E-state index contributed by atoms with van der Waals surface area (Å²) in [6.45, 7) is 7.34. The van der Waals surface area contributed by atoms with Crippen molar-refractivity contribution >= 4 is 11.3 Å². The molecule has 1 saturated carbocycles. The van der Waals surface area contributed by atoms with E-state index in [0.717, 1.165) is 26.1 Å². The van der Waals surface area contributed by atoms with Gasteiger partial charge in [0, 0.05) is 18.0 Å². The highest BCUT2D eigenvalue weighted by Crippen LogP contribution is 2.30. The average Bonchev–Trinajstić information content (AvgIpc) is 3.04. The molecule has 1 aromatic heterocycles. The Kier molecular flexibility index (Phi) is 5.15. The van der Waals surface area contributed by atoms with Crippen LogP contribution in [0.1, 0.15) is 43.8 Å². The van der Waals surface area contributed by atoms with E-state index in [9.17, 15) is 0 Å². The van der Waals surface area contributed by atoms with Gasteiger partial charge in [-0.1, -0.05) is 20.3 Å². The third-order valence-corrected chi connectivity index (χ3v) is 5.11. The number of nitrogens with zero attached hydrogens (tertiary/aromatic N) is 2. The van der Waals surface area contributed by atoms with Crippen molar-refractivity contribution in [1.29, 1.82) is 0 Å². The second-order valence-electron chi connectivity index (χ2n) is 5.14. The molecule has 1 aliphatic carbocycles.